The average Bonchev–Trinajstić information content (AvgIpc) is 2.91. The zero-order valence-electron chi connectivity index (χ0n) is 11.8. The van der Waals surface area contributed by atoms with Gasteiger partial charge in [-0.25, -0.2) is 9.82 Å². The van der Waals surface area contributed by atoms with Crippen LogP contribution in [-0.2, 0) is 0 Å². The van der Waals surface area contributed by atoms with Gasteiger partial charge in [0.1, 0.15) is 17.2 Å². The number of nitrogens with two attached hydrogens (primary N) is 1. The van der Waals surface area contributed by atoms with E-state index < -0.39 is 0 Å². The summed E-state index contributed by atoms with van der Waals surface area (Å²) in [4.78, 5) is 0. The van der Waals surface area contributed by atoms with Gasteiger partial charge < -0.3 is 4.42 Å². The van der Waals surface area contributed by atoms with Crippen molar-refractivity contribution in [3.63, 3.8) is 0 Å². The molecule has 3 N–H and O–H groups in total. The number of hydrogen-bond donors (Lipinski definition) is 2. The number of hydrazine groups is 1. The molecule has 2 aromatic rings. The van der Waals surface area contributed by atoms with Crippen molar-refractivity contribution in [3.05, 3.63) is 35.8 Å². The standard InChI is InChI=1S/C15H19FN2OS2/c1-2-13-15(21-6-5-20-13)14(18-17)12-8-9-7-10(16)3-4-11(9)19-12/h3-4,7-8,13-15,18H,2,5-6,17H2,1H3. The lowest BCUT2D eigenvalue weighted by molar-refractivity contribution is 0.418. The summed E-state index contributed by atoms with van der Waals surface area (Å²) in [6, 6.07) is 6.43. The Morgan fingerprint density at radius 3 is 2.95 bits per heavy atom. The third-order valence-electron chi connectivity index (χ3n) is 3.81. The molecule has 1 aliphatic rings. The Bertz CT molecular complexity index is 619. The van der Waals surface area contributed by atoms with E-state index in [1.807, 2.05) is 29.6 Å². The summed E-state index contributed by atoms with van der Waals surface area (Å²) >= 11 is 3.94. The largest absolute Gasteiger partial charge is 0.459 e. The minimum Gasteiger partial charge on any atom is -0.459 e. The number of benzene rings is 1. The lowest BCUT2D eigenvalue weighted by Crippen LogP contribution is -2.41. The minimum atomic E-state index is -0.249. The van der Waals surface area contributed by atoms with Crippen molar-refractivity contribution >= 4 is 34.5 Å². The van der Waals surface area contributed by atoms with E-state index in [9.17, 15) is 4.39 Å². The molecule has 0 aliphatic carbocycles. The van der Waals surface area contributed by atoms with Crippen molar-refractivity contribution in [1.29, 1.82) is 0 Å². The maximum atomic E-state index is 13.3. The van der Waals surface area contributed by atoms with Crippen molar-refractivity contribution < 1.29 is 8.81 Å². The Morgan fingerprint density at radius 1 is 1.38 bits per heavy atom. The molecule has 1 fully saturated rings. The van der Waals surface area contributed by atoms with Crippen LogP contribution in [0, 0.1) is 5.82 Å². The van der Waals surface area contributed by atoms with Crippen LogP contribution < -0.4 is 11.3 Å². The van der Waals surface area contributed by atoms with Gasteiger partial charge in [0.05, 0.1) is 6.04 Å². The normalized spacial score (nSPS) is 24.3. The number of halogens is 1. The van der Waals surface area contributed by atoms with E-state index in [1.165, 1.54) is 17.9 Å². The van der Waals surface area contributed by atoms with Crippen LogP contribution >= 0.6 is 23.5 Å². The molecular formula is C15H19FN2OS2. The van der Waals surface area contributed by atoms with Gasteiger partial charge in [0.2, 0.25) is 0 Å². The van der Waals surface area contributed by atoms with E-state index >= 15 is 0 Å². The van der Waals surface area contributed by atoms with Crippen molar-refractivity contribution in [1.82, 2.24) is 5.43 Å². The third-order valence-corrected chi connectivity index (χ3v) is 7.16. The van der Waals surface area contributed by atoms with Crippen molar-refractivity contribution in [3.8, 4) is 0 Å². The molecule has 0 radical (unpaired) electrons. The maximum Gasteiger partial charge on any atom is 0.134 e. The summed E-state index contributed by atoms with van der Waals surface area (Å²) in [5.41, 5.74) is 3.61. The highest BCUT2D eigenvalue weighted by atomic mass is 32.2. The Morgan fingerprint density at radius 2 is 2.19 bits per heavy atom. The highest BCUT2D eigenvalue weighted by Gasteiger charge is 2.34. The second kappa shape index (κ2) is 6.60. The zero-order chi connectivity index (χ0) is 14.8. The molecular weight excluding hydrogens is 307 g/mol. The molecule has 21 heavy (non-hydrogen) atoms. The highest BCUT2D eigenvalue weighted by Crippen LogP contribution is 2.41. The monoisotopic (exact) mass is 326 g/mol. The van der Waals surface area contributed by atoms with Gasteiger partial charge in [0, 0.05) is 27.4 Å². The van der Waals surface area contributed by atoms with E-state index in [4.69, 9.17) is 10.3 Å². The fourth-order valence-electron chi connectivity index (χ4n) is 2.77. The lowest BCUT2D eigenvalue weighted by atomic mass is 10.1. The minimum absolute atomic E-state index is 0.0526. The molecule has 3 atom stereocenters. The Hall–Kier alpha value is -0.690. The number of hydrogen-bond acceptors (Lipinski definition) is 5. The van der Waals surface area contributed by atoms with Crippen LogP contribution in [0.1, 0.15) is 25.1 Å². The van der Waals surface area contributed by atoms with Gasteiger partial charge >= 0.3 is 0 Å². The Labute approximate surface area is 132 Å². The molecule has 3 unspecified atom stereocenters. The fourth-order valence-corrected chi connectivity index (χ4v) is 5.98. The Kier molecular flexibility index (Phi) is 4.78. The second-order valence-corrected chi connectivity index (χ2v) is 7.76. The Balaban J connectivity index is 1.93. The number of thioether (sulfide) groups is 2. The van der Waals surface area contributed by atoms with Gasteiger partial charge in [0.15, 0.2) is 0 Å². The van der Waals surface area contributed by atoms with Crippen LogP contribution in [0.3, 0.4) is 0 Å². The summed E-state index contributed by atoms with van der Waals surface area (Å²) in [5.74, 6) is 8.64. The zero-order valence-corrected chi connectivity index (χ0v) is 13.5. The molecule has 6 heteroatoms. The van der Waals surface area contributed by atoms with Gasteiger partial charge in [-0.3, -0.25) is 5.84 Å². The van der Waals surface area contributed by atoms with Crippen molar-refractivity contribution in [2.75, 3.05) is 11.5 Å². The molecule has 2 heterocycles. The smallest absolute Gasteiger partial charge is 0.134 e. The first-order chi connectivity index (χ1) is 10.2. The summed E-state index contributed by atoms with van der Waals surface area (Å²) < 4.78 is 19.2. The SMILES string of the molecule is CCC1SCCSC1C(NN)c1cc2cc(F)ccc2o1. The number of rotatable bonds is 4. The summed E-state index contributed by atoms with van der Waals surface area (Å²) in [5, 5.41) is 1.70. The van der Waals surface area contributed by atoms with Crippen molar-refractivity contribution in [2.24, 2.45) is 5.84 Å². The van der Waals surface area contributed by atoms with Crippen LogP contribution in [0.15, 0.2) is 28.7 Å². The van der Waals surface area contributed by atoms with Gasteiger partial charge in [-0.15, -0.1) is 0 Å². The van der Waals surface area contributed by atoms with Gasteiger partial charge in [-0.1, -0.05) is 6.92 Å². The highest BCUT2D eigenvalue weighted by molar-refractivity contribution is 8.07. The predicted molar refractivity (Wildman–Crippen MR) is 89.0 cm³/mol. The first-order valence-electron chi connectivity index (χ1n) is 7.11. The molecule has 1 saturated heterocycles. The summed E-state index contributed by atoms with van der Waals surface area (Å²) in [7, 11) is 0. The quantitative estimate of drug-likeness (QED) is 0.663. The molecule has 3 rings (SSSR count). The van der Waals surface area contributed by atoms with E-state index in [0.29, 0.717) is 16.1 Å². The molecule has 0 saturated carbocycles. The first kappa shape index (κ1) is 15.2. The van der Waals surface area contributed by atoms with Crippen molar-refractivity contribution in [2.45, 2.75) is 29.9 Å². The van der Waals surface area contributed by atoms with E-state index in [1.54, 1.807) is 6.07 Å². The fraction of sp³-hybridized carbons (Fsp3) is 0.467. The third kappa shape index (κ3) is 3.08. The molecule has 1 aliphatic heterocycles. The summed E-state index contributed by atoms with van der Waals surface area (Å²) in [6.45, 7) is 2.21. The van der Waals surface area contributed by atoms with Gasteiger partial charge in [-0.2, -0.15) is 23.5 Å². The molecule has 114 valence electrons. The van der Waals surface area contributed by atoms with Crippen LogP contribution in [0.25, 0.3) is 11.0 Å². The molecule has 0 spiro atoms. The molecule has 0 bridgehead atoms. The molecule has 1 aromatic heterocycles. The van der Waals surface area contributed by atoms with E-state index in [2.05, 4.69) is 12.3 Å². The van der Waals surface area contributed by atoms with Crippen LogP contribution in [0.4, 0.5) is 4.39 Å². The summed E-state index contributed by atoms with van der Waals surface area (Å²) in [6.07, 6.45) is 1.11. The average molecular weight is 326 g/mol. The number of nitrogens with one attached hydrogen (secondary N) is 1. The van der Waals surface area contributed by atoms with E-state index in [0.717, 1.165) is 23.3 Å². The van der Waals surface area contributed by atoms with E-state index in [-0.39, 0.29) is 11.9 Å². The first-order valence-corrected chi connectivity index (χ1v) is 9.21. The predicted octanol–water partition coefficient (Wildman–Crippen LogP) is 3.70. The molecule has 0 amide bonds. The number of fused-ring (bicyclic) bond motifs is 1. The molecule has 1 aromatic carbocycles. The van der Waals surface area contributed by atoms with Gasteiger partial charge in [0.25, 0.3) is 0 Å². The van der Waals surface area contributed by atoms with Crippen LogP contribution in [-0.4, -0.2) is 22.0 Å². The van der Waals surface area contributed by atoms with Crippen LogP contribution in [0.2, 0.25) is 0 Å². The number of furan rings is 1. The topological polar surface area (TPSA) is 51.2 Å². The van der Waals surface area contributed by atoms with Crippen LogP contribution in [0.5, 0.6) is 0 Å². The maximum absolute atomic E-state index is 13.3. The lowest BCUT2D eigenvalue weighted by Gasteiger charge is -2.34. The van der Waals surface area contributed by atoms with Gasteiger partial charge in [-0.05, 0) is 30.7 Å². The second-order valence-electron chi connectivity index (χ2n) is 5.13. The molecule has 3 nitrogen and oxygen atoms in total.